The Bertz CT molecular complexity index is 764. The van der Waals surface area contributed by atoms with Gasteiger partial charge in [0.15, 0.2) is 0 Å². The maximum absolute atomic E-state index is 12.5. The second kappa shape index (κ2) is 9.10. The monoisotopic (exact) mass is 370 g/mol. The van der Waals surface area contributed by atoms with Gasteiger partial charge in [0, 0.05) is 40.0 Å². The van der Waals surface area contributed by atoms with Crippen LogP contribution in [0.3, 0.4) is 0 Å². The van der Waals surface area contributed by atoms with E-state index in [1.165, 1.54) is 0 Å². The minimum absolute atomic E-state index is 0.00498. The molecule has 4 nitrogen and oxygen atoms in total. The highest BCUT2D eigenvalue weighted by Gasteiger charge is 2.25. The molecule has 1 aliphatic rings. The van der Waals surface area contributed by atoms with Gasteiger partial charge < -0.3 is 11.1 Å². The number of carbonyl (C=O) groups is 1. The van der Waals surface area contributed by atoms with E-state index in [2.05, 4.69) is 5.32 Å². The van der Waals surface area contributed by atoms with Crippen molar-refractivity contribution in [2.75, 3.05) is 5.32 Å². The van der Waals surface area contributed by atoms with Gasteiger partial charge >= 0.3 is 0 Å². The summed E-state index contributed by atoms with van der Waals surface area (Å²) in [6, 6.07) is 17.6. The molecule has 5 heteroatoms. The summed E-state index contributed by atoms with van der Waals surface area (Å²) < 4.78 is 12.4. The predicted octanol–water partition coefficient (Wildman–Crippen LogP) is 3.59. The Kier molecular flexibility index (Phi) is 6.58. The molecule has 0 radical (unpaired) electrons. The van der Waals surface area contributed by atoms with E-state index in [0.29, 0.717) is 11.5 Å². The van der Waals surface area contributed by atoms with Gasteiger partial charge in [-0.1, -0.05) is 48.9 Å². The smallest absolute Gasteiger partial charge is 0.227 e. The summed E-state index contributed by atoms with van der Waals surface area (Å²) in [6.45, 7) is 0. The van der Waals surface area contributed by atoms with Crippen molar-refractivity contribution >= 4 is 22.4 Å². The number of hydrogen-bond donors (Lipinski definition) is 2. The normalized spacial score (nSPS) is 21.1. The van der Waals surface area contributed by atoms with Crippen LogP contribution in [0.4, 0.5) is 5.69 Å². The van der Waals surface area contributed by atoms with Crippen LogP contribution in [0, 0.1) is 5.92 Å². The minimum atomic E-state index is -0.981. The van der Waals surface area contributed by atoms with Crippen molar-refractivity contribution < 1.29 is 9.00 Å². The molecule has 0 heterocycles. The lowest BCUT2D eigenvalue weighted by Gasteiger charge is -2.25. The van der Waals surface area contributed by atoms with Crippen LogP contribution in [-0.4, -0.2) is 16.2 Å². The van der Waals surface area contributed by atoms with E-state index in [1.807, 2.05) is 54.6 Å². The summed E-state index contributed by atoms with van der Waals surface area (Å²) in [5.41, 5.74) is 8.79. The van der Waals surface area contributed by atoms with Crippen LogP contribution in [-0.2, 0) is 27.1 Å². The van der Waals surface area contributed by atoms with Crippen molar-refractivity contribution in [2.45, 2.75) is 43.2 Å². The van der Waals surface area contributed by atoms with Gasteiger partial charge in [0.25, 0.3) is 0 Å². The molecule has 3 N–H and O–H groups in total. The van der Waals surface area contributed by atoms with Gasteiger partial charge in [-0.15, -0.1) is 0 Å². The Balaban J connectivity index is 1.57. The molecule has 1 fully saturated rings. The number of rotatable bonds is 6. The highest BCUT2D eigenvalue weighted by molar-refractivity contribution is 7.83. The zero-order chi connectivity index (χ0) is 18.4. The summed E-state index contributed by atoms with van der Waals surface area (Å²) in [4.78, 5) is 12.5. The van der Waals surface area contributed by atoms with E-state index >= 15 is 0 Å². The molecular formula is C21H26N2O2S. The fourth-order valence-corrected chi connectivity index (χ4v) is 4.66. The van der Waals surface area contributed by atoms with Crippen molar-refractivity contribution in [2.24, 2.45) is 11.7 Å². The van der Waals surface area contributed by atoms with Gasteiger partial charge in [-0.2, -0.15) is 0 Å². The van der Waals surface area contributed by atoms with Crippen molar-refractivity contribution in [1.82, 2.24) is 0 Å². The Hall–Kier alpha value is -1.98. The molecule has 0 spiro atoms. The number of amides is 1. The van der Waals surface area contributed by atoms with Crippen LogP contribution >= 0.6 is 0 Å². The topological polar surface area (TPSA) is 72.2 Å². The van der Waals surface area contributed by atoms with E-state index in [-0.39, 0.29) is 17.9 Å². The summed E-state index contributed by atoms with van der Waals surface area (Å²) in [5, 5.41) is 3.00. The largest absolute Gasteiger partial charge is 0.328 e. The summed E-state index contributed by atoms with van der Waals surface area (Å²) in [7, 11) is -0.981. The average molecular weight is 371 g/mol. The van der Waals surface area contributed by atoms with Gasteiger partial charge in [0.2, 0.25) is 5.91 Å². The summed E-state index contributed by atoms with van der Waals surface area (Å²) in [6.07, 6.45) is 3.68. The van der Waals surface area contributed by atoms with Crippen LogP contribution in [0.25, 0.3) is 0 Å². The van der Waals surface area contributed by atoms with Crippen molar-refractivity contribution in [3.8, 4) is 0 Å². The Labute approximate surface area is 157 Å². The SMILES string of the molecule is NC1CCCC(C(=O)Nc2cccc(CS(=O)Cc3ccccc3)c2)C1. The zero-order valence-corrected chi connectivity index (χ0v) is 15.7. The van der Waals surface area contributed by atoms with Crippen molar-refractivity contribution in [3.05, 3.63) is 65.7 Å². The minimum Gasteiger partial charge on any atom is -0.328 e. The molecular weight excluding hydrogens is 344 g/mol. The third-order valence-electron chi connectivity index (χ3n) is 4.78. The Morgan fingerprint density at radius 1 is 1.04 bits per heavy atom. The molecule has 0 bridgehead atoms. The third kappa shape index (κ3) is 5.51. The first-order valence-corrected chi connectivity index (χ1v) is 10.6. The lowest BCUT2D eigenvalue weighted by Crippen LogP contribution is -2.34. The van der Waals surface area contributed by atoms with Crippen LogP contribution in [0.1, 0.15) is 36.8 Å². The number of nitrogens with two attached hydrogens (primary N) is 1. The van der Waals surface area contributed by atoms with Crippen molar-refractivity contribution in [1.29, 1.82) is 0 Å². The number of carbonyl (C=O) groups excluding carboxylic acids is 1. The standard InChI is InChI=1S/C21H26N2O2S/c22-19-10-5-9-18(13-19)21(24)23-20-11-4-8-17(12-20)15-26(25)14-16-6-2-1-3-7-16/h1-4,6-8,11-12,18-19H,5,9-10,13-15,22H2,(H,23,24). The highest BCUT2D eigenvalue weighted by atomic mass is 32.2. The Morgan fingerprint density at radius 2 is 1.77 bits per heavy atom. The molecule has 0 aromatic heterocycles. The fourth-order valence-electron chi connectivity index (χ4n) is 3.45. The highest BCUT2D eigenvalue weighted by Crippen LogP contribution is 2.25. The molecule has 1 amide bonds. The van der Waals surface area contributed by atoms with Crippen LogP contribution in [0.2, 0.25) is 0 Å². The second-order valence-corrected chi connectivity index (χ2v) is 8.48. The first kappa shape index (κ1) is 18.8. The van der Waals surface area contributed by atoms with Gasteiger partial charge in [0.1, 0.15) is 0 Å². The van der Waals surface area contributed by atoms with E-state index in [1.54, 1.807) is 0 Å². The molecule has 0 saturated heterocycles. The predicted molar refractivity (Wildman–Crippen MR) is 107 cm³/mol. The van der Waals surface area contributed by atoms with Crippen LogP contribution < -0.4 is 11.1 Å². The molecule has 3 rings (SSSR count). The Morgan fingerprint density at radius 3 is 2.54 bits per heavy atom. The molecule has 2 aromatic carbocycles. The number of anilines is 1. The molecule has 1 saturated carbocycles. The van der Waals surface area contributed by atoms with Crippen molar-refractivity contribution in [3.63, 3.8) is 0 Å². The van der Waals surface area contributed by atoms with Gasteiger partial charge in [0.05, 0.1) is 0 Å². The first-order valence-electron chi connectivity index (χ1n) is 9.14. The second-order valence-electron chi connectivity index (χ2n) is 7.03. The van der Waals surface area contributed by atoms with Gasteiger partial charge in [-0.05, 0) is 42.5 Å². The van der Waals surface area contributed by atoms with E-state index in [9.17, 15) is 9.00 Å². The molecule has 1 aliphatic carbocycles. The number of benzene rings is 2. The number of hydrogen-bond acceptors (Lipinski definition) is 3. The average Bonchev–Trinajstić information content (AvgIpc) is 2.62. The summed E-state index contributed by atoms with van der Waals surface area (Å²) >= 11 is 0. The molecule has 138 valence electrons. The van der Waals surface area contributed by atoms with E-state index in [0.717, 1.165) is 42.5 Å². The van der Waals surface area contributed by atoms with E-state index in [4.69, 9.17) is 5.73 Å². The maximum atomic E-state index is 12.5. The van der Waals surface area contributed by atoms with E-state index < -0.39 is 10.8 Å². The molecule has 26 heavy (non-hydrogen) atoms. The fraction of sp³-hybridized carbons (Fsp3) is 0.381. The lowest BCUT2D eigenvalue weighted by atomic mass is 9.85. The first-order chi connectivity index (χ1) is 12.6. The molecule has 3 atom stereocenters. The molecule has 0 aliphatic heterocycles. The quantitative estimate of drug-likeness (QED) is 0.816. The molecule has 3 unspecified atom stereocenters. The van der Waals surface area contributed by atoms with Gasteiger partial charge in [-0.25, -0.2) is 0 Å². The summed E-state index contributed by atoms with van der Waals surface area (Å²) in [5.74, 6) is 1.06. The molecule has 2 aromatic rings. The lowest BCUT2D eigenvalue weighted by molar-refractivity contribution is -0.120. The maximum Gasteiger partial charge on any atom is 0.227 e. The van der Waals surface area contributed by atoms with Gasteiger partial charge in [-0.3, -0.25) is 9.00 Å². The van der Waals surface area contributed by atoms with Crippen LogP contribution in [0.5, 0.6) is 0 Å². The number of nitrogens with one attached hydrogen (secondary N) is 1. The van der Waals surface area contributed by atoms with Crippen LogP contribution in [0.15, 0.2) is 54.6 Å². The third-order valence-corrected chi connectivity index (χ3v) is 6.09. The zero-order valence-electron chi connectivity index (χ0n) is 14.9.